The van der Waals surface area contributed by atoms with Crippen molar-refractivity contribution in [3.63, 3.8) is 0 Å². The van der Waals surface area contributed by atoms with Gasteiger partial charge in [0.1, 0.15) is 11.5 Å². The van der Waals surface area contributed by atoms with Crippen molar-refractivity contribution in [2.45, 2.75) is 52.6 Å². The molecule has 1 aliphatic heterocycles. The van der Waals surface area contributed by atoms with Crippen LogP contribution in [-0.2, 0) is 17.9 Å². The van der Waals surface area contributed by atoms with Crippen LogP contribution in [0.3, 0.4) is 0 Å². The maximum absolute atomic E-state index is 12.1. The van der Waals surface area contributed by atoms with Crippen LogP contribution in [0.1, 0.15) is 59.4 Å². The van der Waals surface area contributed by atoms with Gasteiger partial charge in [-0.2, -0.15) is 0 Å². The Morgan fingerprint density at radius 2 is 2.22 bits per heavy atom. The van der Waals surface area contributed by atoms with Crippen molar-refractivity contribution in [1.29, 1.82) is 0 Å². The molecule has 5 nitrogen and oxygen atoms in total. The van der Waals surface area contributed by atoms with Crippen LogP contribution in [0.2, 0.25) is 0 Å². The van der Waals surface area contributed by atoms with Gasteiger partial charge in [-0.3, -0.25) is 14.5 Å². The third-order valence-electron chi connectivity index (χ3n) is 5.05. The SMILES string of the molecule is CC(=O)c1cc(CN2CCC[C@H](CCC(=O)NCc3ccc(C)o3)C2)cs1. The topological polar surface area (TPSA) is 62.6 Å². The fourth-order valence-corrected chi connectivity index (χ4v) is 4.43. The average Bonchev–Trinajstić information content (AvgIpc) is 3.27. The standard InChI is InChI=1S/C21H28N2O3S/c1-15-5-7-19(26-15)11-22-21(25)8-6-17-4-3-9-23(12-17)13-18-10-20(16(2)24)27-14-18/h5,7,10,14,17H,3-4,6,8-9,11-13H2,1-2H3,(H,22,25)/t17-/m1/s1. The van der Waals surface area contributed by atoms with Crippen molar-refractivity contribution in [3.8, 4) is 0 Å². The minimum atomic E-state index is 0.0881. The van der Waals surface area contributed by atoms with Gasteiger partial charge in [0.05, 0.1) is 11.4 Å². The molecule has 3 rings (SSSR count). The van der Waals surface area contributed by atoms with Crippen LogP contribution < -0.4 is 5.32 Å². The van der Waals surface area contributed by atoms with Gasteiger partial charge in [0.15, 0.2) is 5.78 Å². The van der Waals surface area contributed by atoms with Crippen molar-refractivity contribution < 1.29 is 14.0 Å². The maximum atomic E-state index is 12.1. The minimum Gasteiger partial charge on any atom is -0.465 e. The number of aryl methyl sites for hydroxylation is 1. The number of thiophene rings is 1. The number of carbonyl (C=O) groups is 2. The number of hydrogen-bond donors (Lipinski definition) is 1. The Bertz CT molecular complexity index is 780. The van der Waals surface area contributed by atoms with Gasteiger partial charge in [0, 0.05) is 19.5 Å². The van der Waals surface area contributed by atoms with Gasteiger partial charge < -0.3 is 9.73 Å². The first-order valence-corrected chi connectivity index (χ1v) is 10.5. The minimum absolute atomic E-state index is 0.0881. The van der Waals surface area contributed by atoms with E-state index >= 15 is 0 Å². The molecule has 2 aromatic rings. The molecule has 0 aliphatic carbocycles. The van der Waals surface area contributed by atoms with E-state index in [2.05, 4.69) is 15.6 Å². The molecule has 146 valence electrons. The first kappa shape index (κ1) is 19.8. The highest BCUT2D eigenvalue weighted by molar-refractivity contribution is 7.12. The molecule has 0 unspecified atom stereocenters. The fraction of sp³-hybridized carbons (Fsp3) is 0.524. The smallest absolute Gasteiger partial charge is 0.220 e. The van der Waals surface area contributed by atoms with Crippen LogP contribution >= 0.6 is 11.3 Å². The molecule has 3 heterocycles. The summed E-state index contributed by atoms with van der Waals surface area (Å²) in [7, 11) is 0. The van der Waals surface area contributed by atoms with E-state index in [0.29, 0.717) is 18.9 Å². The molecular formula is C21H28N2O3S. The second kappa shape index (κ2) is 9.33. The van der Waals surface area contributed by atoms with Gasteiger partial charge in [-0.15, -0.1) is 11.3 Å². The predicted molar refractivity (Wildman–Crippen MR) is 107 cm³/mol. The number of rotatable bonds is 8. The quantitative estimate of drug-likeness (QED) is 0.690. The molecule has 6 heteroatoms. The van der Waals surface area contributed by atoms with Crippen molar-refractivity contribution in [1.82, 2.24) is 10.2 Å². The molecule has 0 saturated carbocycles. The number of piperidine rings is 1. The Hall–Kier alpha value is -1.92. The lowest BCUT2D eigenvalue weighted by molar-refractivity contribution is -0.121. The molecule has 1 aliphatic rings. The molecule has 27 heavy (non-hydrogen) atoms. The Labute approximate surface area is 164 Å². The van der Waals surface area contributed by atoms with E-state index in [1.807, 2.05) is 25.1 Å². The summed E-state index contributed by atoms with van der Waals surface area (Å²) in [6, 6.07) is 5.82. The molecule has 0 bridgehead atoms. The zero-order valence-electron chi connectivity index (χ0n) is 16.1. The Morgan fingerprint density at radius 3 is 2.93 bits per heavy atom. The van der Waals surface area contributed by atoms with Gasteiger partial charge in [-0.1, -0.05) is 0 Å². The van der Waals surface area contributed by atoms with Crippen LogP contribution in [0, 0.1) is 12.8 Å². The second-order valence-electron chi connectivity index (χ2n) is 7.45. The third kappa shape index (κ3) is 6.04. The van der Waals surface area contributed by atoms with E-state index in [1.165, 1.54) is 29.7 Å². The zero-order chi connectivity index (χ0) is 19.2. The van der Waals surface area contributed by atoms with Gasteiger partial charge in [-0.25, -0.2) is 0 Å². The van der Waals surface area contributed by atoms with Gasteiger partial charge in [0.25, 0.3) is 0 Å². The number of likely N-dealkylation sites (tertiary alicyclic amines) is 1. The molecule has 1 N–H and O–H groups in total. The number of amides is 1. The average molecular weight is 389 g/mol. The number of carbonyl (C=O) groups excluding carboxylic acids is 2. The highest BCUT2D eigenvalue weighted by Crippen LogP contribution is 2.24. The van der Waals surface area contributed by atoms with Gasteiger partial charge >= 0.3 is 0 Å². The molecule has 0 aromatic carbocycles. The lowest BCUT2D eigenvalue weighted by Crippen LogP contribution is -2.35. The van der Waals surface area contributed by atoms with E-state index in [1.54, 1.807) is 6.92 Å². The van der Waals surface area contributed by atoms with Crippen molar-refractivity contribution in [2.24, 2.45) is 5.92 Å². The molecule has 1 amide bonds. The molecule has 1 atom stereocenters. The molecule has 0 radical (unpaired) electrons. The van der Waals surface area contributed by atoms with Crippen molar-refractivity contribution in [3.05, 3.63) is 45.5 Å². The van der Waals surface area contributed by atoms with Crippen LogP contribution in [0.5, 0.6) is 0 Å². The fourth-order valence-electron chi connectivity index (χ4n) is 3.62. The highest BCUT2D eigenvalue weighted by atomic mass is 32.1. The Morgan fingerprint density at radius 1 is 1.37 bits per heavy atom. The number of Topliss-reactive ketones (excluding diaryl/α,β-unsaturated/α-hetero) is 1. The second-order valence-corrected chi connectivity index (χ2v) is 8.36. The number of ketones is 1. The number of nitrogens with zero attached hydrogens (tertiary/aromatic N) is 1. The van der Waals surface area contributed by atoms with E-state index in [-0.39, 0.29) is 11.7 Å². The van der Waals surface area contributed by atoms with Crippen LogP contribution in [0.4, 0.5) is 0 Å². The summed E-state index contributed by atoms with van der Waals surface area (Å²) in [6.07, 6.45) is 3.83. The molecule has 1 saturated heterocycles. The van der Waals surface area contributed by atoms with Crippen molar-refractivity contribution >= 4 is 23.0 Å². The number of hydrogen-bond acceptors (Lipinski definition) is 5. The van der Waals surface area contributed by atoms with Crippen LogP contribution in [0.15, 0.2) is 28.0 Å². The Balaban J connectivity index is 1.39. The lowest BCUT2D eigenvalue weighted by Gasteiger charge is -2.32. The van der Waals surface area contributed by atoms with Gasteiger partial charge in [-0.05, 0) is 74.7 Å². The van der Waals surface area contributed by atoms with E-state index in [9.17, 15) is 9.59 Å². The number of furan rings is 1. The monoisotopic (exact) mass is 388 g/mol. The molecule has 1 fully saturated rings. The Kier molecular flexibility index (Phi) is 6.85. The zero-order valence-corrected chi connectivity index (χ0v) is 16.9. The predicted octanol–water partition coefficient (Wildman–Crippen LogP) is 4.16. The maximum Gasteiger partial charge on any atom is 0.220 e. The summed E-state index contributed by atoms with van der Waals surface area (Å²) >= 11 is 1.53. The first-order valence-electron chi connectivity index (χ1n) is 9.62. The molecule has 2 aromatic heterocycles. The number of nitrogens with one attached hydrogen (secondary N) is 1. The highest BCUT2D eigenvalue weighted by Gasteiger charge is 2.21. The van der Waals surface area contributed by atoms with E-state index < -0.39 is 0 Å². The van der Waals surface area contributed by atoms with Crippen LogP contribution in [0.25, 0.3) is 0 Å². The third-order valence-corrected chi connectivity index (χ3v) is 6.13. The summed E-state index contributed by atoms with van der Waals surface area (Å²) in [6.45, 7) is 6.98. The summed E-state index contributed by atoms with van der Waals surface area (Å²) in [5, 5.41) is 5.03. The largest absolute Gasteiger partial charge is 0.465 e. The summed E-state index contributed by atoms with van der Waals surface area (Å²) in [5.41, 5.74) is 1.22. The summed E-state index contributed by atoms with van der Waals surface area (Å²) in [5.74, 6) is 2.44. The molecular weight excluding hydrogens is 360 g/mol. The van der Waals surface area contributed by atoms with Gasteiger partial charge in [0.2, 0.25) is 5.91 Å². The lowest BCUT2D eigenvalue weighted by atomic mass is 9.93. The summed E-state index contributed by atoms with van der Waals surface area (Å²) in [4.78, 5) is 26.8. The normalized spacial score (nSPS) is 17.8. The summed E-state index contributed by atoms with van der Waals surface area (Å²) < 4.78 is 5.47. The van der Waals surface area contributed by atoms with Crippen molar-refractivity contribution in [2.75, 3.05) is 13.1 Å². The van der Waals surface area contributed by atoms with Crippen LogP contribution in [-0.4, -0.2) is 29.7 Å². The van der Waals surface area contributed by atoms with E-state index in [4.69, 9.17) is 4.42 Å². The first-order chi connectivity index (χ1) is 13.0. The molecule has 0 spiro atoms. The van der Waals surface area contributed by atoms with E-state index in [0.717, 1.165) is 42.5 Å².